The second-order valence-corrected chi connectivity index (χ2v) is 3.86. The van der Waals surface area contributed by atoms with Gasteiger partial charge in [-0.05, 0) is 31.9 Å². The van der Waals surface area contributed by atoms with E-state index in [2.05, 4.69) is 40.9 Å². The van der Waals surface area contributed by atoms with Crippen molar-refractivity contribution < 1.29 is 0 Å². The van der Waals surface area contributed by atoms with Crippen molar-refractivity contribution in [2.45, 2.75) is 32.4 Å². The molecule has 1 aliphatic rings. The molecule has 0 aromatic carbocycles. The lowest BCUT2D eigenvalue weighted by Gasteiger charge is -2.33. The highest BCUT2D eigenvalue weighted by Crippen LogP contribution is 2.18. The van der Waals surface area contributed by atoms with E-state index in [1.807, 2.05) is 0 Å². The van der Waals surface area contributed by atoms with Crippen LogP contribution in [-0.2, 0) is 0 Å². The average Bonchev–Trinajstić information content (AvgIpc) is 2.71. The molecule has 1 atom stereocenters. The van der Waals surface area contributed by atoms with Gasteiger partial charge < -0.3 is 4.57 Å². The average molecular weight is 178 g/mol. The lowest BCUT2D eigenvalue weighted by atomic mass is 10.1. The van der Waals surface area contributed by atoms with Gasteiger partial charge in [0.15, 0.2) is 0 Å². The lowest BCUT2D eigenvalue weighted by molar-refractivity contribution is 0.127. The Hall–Kier alpha value is -0.760. The molecule has 1 aromatic heterocycles. The summed E-state index contributed by atoms with van der Waals surface area (Å²) in [7, 11) is 0. The summed E-state index contributed by atoms with van der Waals surface area (Å²) in [6, 6.07) is 4.20. The van der Waals surface area contributed by atoms with Crippen LogP contribution < -0.4 is 0 Å². The van der Waals surface area contributed by atoms with Gasteiger partial charge in [0.05, 0.1) is 6.17 Å². The van der Waals surface area contributed by atoms with Crippen LogP contribution in [0.3, 0.4) is 0 Å². The Morgan fingerprint density at radius 1 is 1.00 bits per heavy atom. The van der Waals surface area contributed by atoms with Crippen LogP contribution in [0.25, 0.3) is 0 Å². The van der Waals surface area contributed by atoms with Gasteiger partial charge in [-0.1, -0.05) is 6.42 Å². The van der Waals surface area contributed by atoms with Crippen molar-refractivity contribution in [2.24, 2.45) is 0 Å². The number of likely N-dealkylation sites (tertiary alicyclic amines) is 1. The summed E-state index contributed by atoms with van der Waals surface area (Å²) in [5, 5.41) is 0. The summed E-state index contributed by atoms with van der Waals surface area (Å²) in [5.74, 6) is 0. The molecular weight excluding hydrogens is 160 g/mol. The molecule has 2 nitrogen and oxygen atoms in total. The van der Waals surface area contributed by atoms with Crippen molar-refractivity contribution in [1.29, 1.82) is 0 Å². The lowest BCUT2D eigenvalue weighted by Crippen LogP contribution is -2.34. The third-order valence-corrected chi connectivity index (χ3v) is 2.98. The van der Waals surface area contributed by atoms with E-state index >= 15 is 0 Å². The Balaban J connectivity index is 1.99. The molecule has 72 valence electrons. The largest absolute Gasteiger partial charge is 0.339 e. The number of piperidine rings is 1. The number of rotatable bonds is 2. The predicted molar refractivity (Wildman–Crippen MR) is 54.6 cm³/mol. The normalized spacial score (nSPS) is 21.6. The summed E-state index contributed by atoms with van der Waals surface area (Å²) >= 11 is 0. The van der Waals surface area contributed by atoms with Gasteiger partial charge in [0.25, 0.3) is 0 Å². The van der Waals surface area contributed by atoms with Crippen LogP contribution in [0, 0.1) is 0 Å². The first kappa shape index (κ1) is 8.82. The summed E-state index contributed by atoms with van der Waals surface area (Å²) in [4.78, 5) is 2.56. The zero-order valence-electron chi connectivity index (χ0n) is 8.32. The minimum atomic E-state index is 0.537. The standard InChI is InChI=1S/C11H18N2/c1-11(13-9-5-6-10-13)12-7-3-2-4-8-12/h5-6,9-11H,2-4,7-8H2,1H3. The zero-order chi connectivity index (χ0) is 9.10. The van der Waals surface area contributed by atoms with Gasteiger partial charge in [-0.2, -0.15) is 0 Å². The van der Waals surface area contributed by atoms with Crippen molar-refractivity contribution in [3.63, 3.8) is 0 Å². The van der Waals surface area contributed by atoms with Crippen LogP contribution in [0.2, 0.25) is 0 Å². The van der Waals surface area contributed by atoms with Crippen LogP contribution >= 0.6 is 0 Å². The van der Waals surface area contributed by atoms with Crippen LogP contribution in [-0.4, -0.2) is 22.6 Å². The van der Waals surface area contributed by atoms with Crippen molar-refractivity contribution in [2.75, 3.05) is 13.1 Å². The zero-order valence-corrected chi connectivity index (χ0v) is 8.32. The molecule has 0 bridgehead atoms. The molecule has 1 fully saturated rings. The Kier molecular flexibility index (Phi) is 2.69. The van der Waals surface area contributed by atoms with Crippen LogP contribution in [0.1, 0.15) is 32.4 Å². The van der Waals surface area contributed by atoms with Gasteiger partial charge in [0.2, 0.25) is 0 Å². The van der Waals surface area contributed by atoms with E-state index in [0.717, 1.165) is 0 Å². The van der Waals surface area contributed by atoms with E-state index in [1.165, 1.54) is 32.4 Å². The quantitative estimate of drug-likeness (QED) is 0.675. The fourth-order valence-electron chi connectivity index (χ4n) is 2.08. The smallest absolute Gasteiger partial charge is 0.0829 e. The Bertz CT molecular complexity index is 235. The molecule has 2 heterocycles. The Morgan fingerprint density at radius 2 is 1.62 bits per heavy atom. The summed E-state index contributed by atoms with van der Waals surface area (Å²) in [6.07, 6.45) is 8.99. The number of hydrogen-bond acceptors (Lipinski definition) is 1. The molecule has 0 amide bonds. The summed E-state index contributed by atoms with van der Waals surface area (Å²) in [5.41, 5.74) is 0. The minimum Gasteiger partial charge on any atom is -0.339 e. The molecular formula is C11H18N2. The first-order valence-electron chi connectivity index (χ1n) is 5.24. The van der Waals surface area contributed by atoms with Crippen LogP contribution in [0.4, 0.5) is 0 Å². The van der Waals surface area contributed by atoms with Crippen molar-refractivity contribution in [3.8, 4) is 0 Å². The highest BCUT2D eigenvalue weighted by molar-refractivity contribution is 4.92. The predicted octanol–water partition coefficient (Wildman–Crippen LogP) is 2.49. The second kappa shape index (κ2) is 3.97. The molecule has 0 saturated carbocycles. The first-order chi connectivity index (χ1) is 6.38. The van der Waals surface area contributed by atoms with E-state index in [1.54, 1.807) is 0 Å². The van der Waals surface area contributed by atoms with Crippen molar-refractivity contribution in [1.82, 2.24) is 9.47 Å². The molecule has 13 heavy (non-hydrogen) atoms. The maximum Gasteiger partial charge on any atom is 0.0829 e. The minimum absolute atomic E-state index is 0.537. The van der Waals surface area contributed by atoms with Crippen LogP contribution in [0.15, 0.2) is 24.5 Å². The number of hydrogen-bond donors (Lipinski definition) is 0. The van der Waals surface area contributed by atoms with Crippen molar-refractivity contribution in [3.05, 3.63) is 24.5 Å². The fourth-order valence-corrected chi connectivity index (χ4v) is 2.08. The van der Waals surface area contributed by atoms with Gasteiger partial charge >= 0.3 is 0 Å². The molecule has 1 saturated heterocycles. The van der Waals surface area contributed by atoms with Gasteiger partial charge in [-0.15, -0.1) is 0 Å². The summed E-state index contributed by atoms with van der Waals surface area (Å²) < 4.78 is 2.28. The highest BCUT2D eigenvalue weighted by atomic mass is 15.3. The molecule has 0 radical (unpaired) electrons. The van der Waals surface area contributed by atoms with E-state index in [-0.39, 0.29) is 0 Å². The third kappa shape index (κ3) is 1.94. The molecule has 2 rings (SSSR count). The fraction of sp³-hybridized carbons (Fsp3) is 0.636. The monoisotopic (exact) mass is 178 g/mol. The Morgan fingerprint density at radius 3 is 2.23 bits per heavy atom. The van der Waals surface area contributed by atoms with Gasteiger partial charge in [-0.3, -0.25) is 4.90 Å². The van der Waals surface area contributed by atoms with Gasteiger partial charge in [-0.25, -0.2) is 0 Å². The van der Waals surface area contributed by atoms with Crippen LogP contribution in [0.5, 0.6) is 0 Å². The molecule has 0 aliphatic carbocycles. The maximum atomic E-state index is 2.56. The molecule has 2 heteroatoms. The van der Waals surface area contributed by atoms with Gasteiger partial charge in [0.1, 0.15) is 0 Å². The third-order valence-electron chi connectivity index (χ3n) is 2.98. The number of aromatic nitrogens is 1. The first-order valence-corrected chi connectivity index (χ1v) is 5.24. The molecule has 0 spiro atoms. The highest BCUT2D eigenvalue weighted by Gasteiger charge is 2.16. The number of nitrogens with zero attached hydrogens (tertiary/aromatic N) is 2. The second-order valence-electron chi connectivity index (χ2n) is 3.86. The van der Waals surface area contributed by atoms with Crippen molar-refractivity contribution >= 4 is 0 Å². The van der Waals surface area contributed by atoms with Gasteiger partial charge in [0, 0.05) is 25.5 Å². The molecule has 1 unspecified atom stereocenters. The van der Waals surface area contributed by atoms with E-state index in [0.29, 0.717) is 6.17 Å². The molecule has 1 aromatic rings. The van der Waals surface area contributed by atoms with E-state index in [9.17, 15) is 0 Å². The Labute approximate surface area is 80.2 Å². The van der Waals surface area contributed by atoms with E-state index < -0.39 is 0 Å². The topological polar surface area (TPSA) is 8.17 Å². The molecule has 0 N–H and O–H groups in total. The SMILES string of the molecule is CC(N1CCCCC1)n1cccc1. The maximum absolute atomic E-state index is 2.56. The molecule has 1 aliphatic heterocycles. The van der Waals surface area contributed by atoms with E-state index in [4.69, 9.17) is 0 Å². The summed E-state index contributed by atoms with van der Waals surface area (Å²) in [6.45, 7) is 4.81.